The van der Waals surface area contributed by atoms with Gasteiger partial charge in [0.2, 0.25) is 0 Å². The van der Waals surface area contributed by atoms with Gasteiger partial charge in [-0.3, -0.25) is 4.98 Å². The number of hydrogen-bond acceptors (Lipinski definition) is 5. The first-order chi connectivity index (χ1) is 10.2. The fourth-order valence-electron chi connectivity index (χ4n) is 2.01. The molecule has 0 bridgehead atoms. The molecule has 0 radical (unpaired) electrons. The lowest BCUT2D eigenvalue weighted by Crippen LogP contribution is -2.22. The Balaban J connectivity index is 2.00. The molecule has 0 aliphatic rings. The maximum Gasteiger partial charge on any atom is 0.135 e. The van der Waals surface area contributed by atoms with E-state index in [0.717, 1.165) is 22.1 Å². The summed E-state index contributed by atoms with van der Waals surface area (Å²) < 4.78 is 0. The quantitative estimate of drug-likeness (QED) is 0.757. The van der Waals surface area contributed by atoms with Crippen molar-refractivity contribution in [2.45, 2.75) is 26.4 Å². The normalized spacial score (nSPS) is 11.2. The summed E-state index contributed by atoms with van der Waals surface area (Å²) in [4.78, 5) is 11.4. The number of nitrogens with zero attached hydrogens (tertiary/aromatic N) is 2. The first-order valence-corrected chi connectivity index (χ1v) is 8.61. The number of benzene rings is 1. The van der Waals surface area contributed by atoms with E-state index in [1.807, 2.05) is 17.8 Å². The second-order valence-corrected chi connectivity index (χ2v) is 6.95. The molecule has 0 saturated carbocycles. The van der Waals surface area contributed by atoms with Crippen LogP contribution in [0.1, 0.15) is 19.5 Å². The Hall–Kier alpha value is -1.56. The van der Waals surface area contributed by atoms with Crippen LogP contribution in [0, 0.1) is 0 Å². The minimum absolute atomic E-state index is 0.446. The second-order valence-electron chi connectivity index (χ2n) is 5.06. The van der Waals surface area contributed by atoms with Gasteiger partial charge < -0.3 is 5.32 Å². The fourth-order valence-corrected chi connectivity index (χ4v) is 3.78. The van der Waals surface area contributed by atoms with Crippen LogP contribution in [0.4, 0.5) is 0 Å². The lowest BCUT2D eigenvalue weighted by molar-refractivity contribution is 0.584. The molecule has 0 aliphatic heterocycles. The highest BCUT2D eigenvalue weighted by Crippen LogP contribution is 2.36. The molecule has 3 aromatic rings. The van der Waals surface area contributed by atoms with E-state index < -0.39 is 0 Å². The Kier molecular flexibility index (Phi) is 4.43. The van der Waals surface area contributed by atoms with Crippen LogP contribution in [0.15, 0.2) is 42.0 Å². The molecule has 0 atom stereocenters. The summed E-state index contributed by atoms with van der Waals surface area (Å²) in [6, 6.07) is 10.9. The minimum Gasteiger partial charge on any atom is -0.309 e. The van der Waals surface area contributed by atoms with Gasteiger partial charge in [0.1, 0.15) is 5.01 Å². The summed E-state index contributed by atoms with van der Waals surface area (Å²) in [5, 5.41) is 4.52. The van der Waals surface area contributed by atoms with Crippen LogP contribution in [0.2, 0.25) is 0 Å². The van der Waals surface area contributed by atoms with Crippen LogP contribution in [-0.2, 0) is 6.54 Å². The molecular weight excluding hydrogens is 298 g/mol. The molecular formula is C16H17N3S2. The van der Waals surface area contributed by atoms with Crippen LogP contribution in [-0.4, -0.2) is 16.0 Å². The molecule has 0 spiro atoms. The Bertz CT molecular complexity index is 688. The van der Waals surface area contributed by atoms with Crippen molar-refractivity contribution in [2.24, 2.45) is 0 Å². The summed E-state index contributed by atoms with van der Waals surface area (Å²) in [6.45, 7) is 5.09. The van der Waals surface area contributed by atoms with Gasteiger partial charge >= 0.3 is 0 Å². The molecule has 108 valence electrons. The van der Waals surface area contributed by atoms with Crippen LogP contribution in [0.3, 0.4) is 0 Å². The Morgan fingerprint density at radius 2 is 2.00 bits per heavy atom. The van der Waals surface area contributed by atoms with E-state index in [0.29, 0.717) is 6.04 Å². The van der Waals surface area contributed by atoms with Crippen molar-refractivity contribution < 1.29 is 0 Å². The lowest BCUT2D eigenvalue weighted by Gasteiger charge is -2.07. The van der Waals surface area contributed by atoms with E-state index in [1.54, 1.807) is 22.7 Å². The monoisotopic (exact) mass is 315 g/mol. The van der Waals surface area contributed by atoms with Gasteiger partial charge in [-0.15, -0.1) is 22.7 Å². The van der Waals surface area contributed by atoms with Gasteiger partial charge in [0.15, 0.2) is 0 Å². The predicted molar refractivity (Wildman–Crippen MR) is 90.6 cm³/mol. The summed E-state index contributed by atoms with van der Waals surface area (Å²) in [5.74, 6) is 0. The first kappa shape index (κ1) is 14.4. The number of rotatable bonds is 5. The van der Waals surface area contributed by atoms with E-state index in [9.17, 15) is 0 Å². The molecule has 3 nitrogen and oxygen atoms in total. The molecule has 5 heteroatoms. The summed E-state index contributed by atoms with van der Waals surface area (Å²) >= 11 is 3.38. The van der Waals surface area contributed by atoms with Gasteiger partial charge in [-0.05, 0) is 5.56 Å². The highest BCUT2D eigenvalue weighted by Gasteiger charge is 2.15. The minimum atomic E-state index is 0.446. The summed E-state index contributed by atoms with van der Waals surface area (Å²) in [6.07, 6.45) is 1.89. The standard InChI is InChI=1S/C16H17N3S2/c1-11(2)18-8-13-15(12-6-4-3-5-7-12)21-16(19-13)14-9-17-10-20-14/h3-7,9-11,18H,8H2,1-2H3. The third-order valence-electron chi connectivity index (χ3n) is 3.05. The Morgan fingerprint density at radius 1 is 1.19 bits per heavy atom. The zero-order valence-electron chi connectivity index (χ0n) is 12.0. The van der Waals surface area contributed by atoms with Gasteiger partial charge in [-0.1, -0.05) is 44.2 Å². The van der Waals surface area contributed by atoms with Crippen LogP contribution in [0.5, 0.6) is 0 Å². The van der Waals surface area contributed by atoms with Gasteiger partial charge in [-0.2, -0.15) is 0 Å². The van der Waals surface area contributed by atoms with Crippen molar-refractivity contribution in [2.75, 3.05) is 0 Å². The zero-order valence-corrected chi connectivity index (χ0v) is 13.7. The van der Waals surface area contributed by atoms with Crippen molar-refractivity contribution >= 4 is 22.7 Å². The Morgan fingerprint density at radius 3 is 2.67 bits per heavy atom. The van der Waals surface area contributed by atoms with Gasteiger partial charge in [0, 0.05) is 18.8 Å². The highest BCUT2D eigenvalue weighted by atomic mass is 32.1. The number of aromatic nitrogens is 2. The van der Waals surface area contributed by atoms with Crippen molar-refractivity contribution in [3.05, 3.63) is 47.7 Å². The van der Waals surface area contributed by atoms with E-state index in [-0.39, 0.29) is 0 Å². The molecule has 1 N–H and O–H groups in total. The van der Waals surface area contributed by atoms with Crippen LogP contribution < -0.4 is 5.32 Å². The van der Waals surface area contributed by atoms with Crippen LogP contribution >= 0.6 is 22.7 Å². The van der Waals surface area contributed by atoms with E-state index in [1.165, 1.54) is 10.4 Å². The molecule has 0 saturated heterocycles. The average molecular weight is 315 g/mol. The highest BCUT2D eigenvalue weighted by molar-refractivity contribution is 7.22. The average Bonchev–Trinajstić information content (AvgIpc) is 3.15. The zero-order chi connectivity index (χ0) is 14.7. The molecule has 0 unspecified atom stereocenters. The smallest absolute Gasteiger partial charge is 0.135 e. The molecule has 3 rings (SSSR count). The topological polar surface area (TPSA) is 37.8 Å². The Labute approximate surface area is 132 Å². The number of thiazole rings is 2. The van der Waals surface area contributed by atoms with E-state index in [4.69, 9.17) is 4.98 Å². The van der Waals surface area contributed by atoms with Crippen molar-refractivity contribution in [1.82, 2.24) is 15.3 Å². The molecule has 2 aromatic heterocycles. The number of nitrogens with one attached hydrogen (secondary N) is 1. The second kappa shape index (κ2) is 6.47. The van der Waals surface area contributed by atoms with Crippen LogP contribution in [0.25, 0.3) is 20.3 Å². The molecule has 0 amide bonds. The van der Waals surface area contributed by atoms with Gasteiger partial charge in [-0.25, -0.2) is 4.98 Å². The molecule has 1 aromatic carbocycles. The third kappa shape index (κ3) is 3.37. The van der Waals surface area contributed by atoms with Gasteiger partial charge in [0.05, 0.1) is 21.0 Å². The largest absolute Gasteiger partial charge is 0.309 e. The predicted octanol–water partition coefficient (Wildman–Crippen LogP) is 4.43. The first-order valence-electron chi connectivity index (χ1n) is 6.91. The van der Waals surface area contributed by atoms with Gasteiger partial charge in [0.25, 0.3) is 0 Å². The maximum atomic E-state index is 4.83. The molecule has 2 heterocycles. The molecule has 0 fully saturated rings. The van der Waals surface area contributed by atoms with Crippen molar-refractivity contribution in [3.63, 3.8) is 0 Å². The third-order valence-corrected chi connectivity index (χ3v) is 5.14. The van der Waals surface area contributed by atoms with Crippen molar-refractivity contribution in [1.29, 1.82) is 0 Å². The maximum absolute atomic E-state index is 4.83. The summed E-state index contributed by atoms with van der Waals surface area (Å²) in [5.41, 5.74) is 4.19. The van der Waals surface area contributed by atoms with E-state index >= 15 is 0 Å². The molecule has 0 aliphatic carbocycles. The van der Waals surface area contributed by atoms with Crippen molar-refractivity contribution in [3.8, 4) is 20.3 Å². The number of hydrogen-bond donors (Lipinski definition) is 1. The van der Waals surface area contributed by atoms with E-state index in [2.05, 4.69) is 48.4 Å². The SMILES string of the molecule is CC(C)NCc1nc(-c2cncs2)sc1-c1ccccc1. The summed E-state index contributed by atoms with van der Waals surface area (Å²) in [7, 11) is 0. The lowest BCUT2D eigenvalue weighted by atomic mass is 10.1. The molecule has 21 heavy (non-hydrogen) atoms. The fraction of sp³-hybridized carbons (Fsp3) is 0.250.